The number of benzene rings is 1. The maximum Gasteiger partial charge on any atom is 0.330 e. The number of carbonyl (C=O) groups excluding carboxylic acids is 2. The lowest BCUT2D eigenvalue weighted by molar-refractivity contribution is -0.161. The van der Waals surface area contributed by atoms with Crippen molar-refractivity contribution in [3.05, 3.63) is 35.9 Å². The minimum Gasteiger partial charge on any atom is -0.391 e. The van der Waals surface area contributed by atoms with Crippen molar-refractivity contribution < 1.29 is 14.3 Å². The molecule has 1 rings (SSSR count). The minimum atomic E-state index is -0.861. The lowest BCUT2D eigenvalue weighted by atomic mass is 10.1. The highest BCUT2D eigenvalue weighted by molar-refractivity contribution is 5.90. The zero-order chi connectivity index (χ0) is 15.0. The van der Waals surface area contributed by atoms with Crippen LogP contribution in [0.3, 0.4) is 0 Å². The summed E-state index contributed by atoms with van der Waals surface area (Å²) in [6, 6.07) is 7.70. The molecular formula is C15H22N2O3. The SMILES string of the molecule is CCCC[C@H](N)C(=O)OC(=O)[C@@H](N)Cc1ccccc1. The van der Waals surface area contributed by atoms with Gasteiger partial charge in [0.05, 0.1) is 0 Å². The van der Waals surface area contributed by atoms with Gasteiger partial charge in [-0.1, -0.05) is 50.1 Å². The highest BCUT2D eigenvalue weighted by atomic mass is 16.6. The zero-order valence-corrected chi connectivity index (χ0v) is 11.7. The van der Waals surface area contributed by atoms with Crippen LogP contribution in [0, 0.1) is 0 Å². The number of carbonyl (C=O) groups is 2. The number of hydrogen-bond donors (Lipinski definition) is 2. The van der Waals surface area contributed by atoms with E-state index in [1.807, 2.05) is 37.3 Å². The second-order valence-corrected chi connectivity index (χ2v) is 4.79. The summed E-state index contributed by atoms with van der Waals surface area (Å²) in [6.07, 6.45) is 2.59. The van der Waals surface area contributed by atoms with Gasteiger partial charge in [0.2, 0.25) is 0 Å². The summed E-state index contributed by atoms with van der Waals surface area (Å²) in [5, 5.41) is 0. The van der Waals surface area contributed by atoms with E-state index in [2.05, 4.69) is 0 Å². The van der Waals surface area contributed by atoms with E-state index < -0.39 is 24.0 Å². The largest absolute Gasteiger partial charge is 0.391 e. The van der Waals surface area contributed by atoms with Gasteiger partial charge in [0.1, 0.15) is 12.1 Å². The molecule has 0 bridgehead atoms. The van der Waals surface area contributed by atoms with E-state index in [0.717, 1.165) is 18.4 Å². The van der Waals surface area contributed by atoms with Gasteiger partial charge in [-0.15, -0.1) is 0 Å². The van der Waals surface area contributed by atoms with Crippen molar-refractivity contribution in [2.45, 2.75) is 44.7 Å². The molecule has 4 N–H and O–H groups in total. The van der Waals surface area contributed by atoms with Gasteiger partial charge in [-0.2, -0.15) is 0 Å². The van der Waals surface area contributed by atoms with Gasteiger partial charge >= 0.3 is 11.9 Å². The van der Waals surface area contributed by atoms with Crippen LogP contribution in [0.1, 0.15) is 31.7 Å². The van der Waals surface area contributed by atoms with Crippen LogP contribution in [0.2, 0.25) is 0 Å². The fourth-order valence-corrected chi connectivity index (χ4v) is 1.74. The summed E-state index contributed by atoms with van der Waals surface area (Å²) in [5.41, 5.74) is 12.3. The molecule has 5 heteroatoms. The fourth-order valence-electron chi connectivity index (χ4n) is 1.74. The van der Waals surface area contributed by atoms with Crippen LogP contribution in [-0.4, -0.2) is 24.0 Å². The Morgan fingerprint density at radius 1 is 1.10 bits per heavy atom. The first kappa shape index (κ1) is 16.3. The lowest BCUT2D eigenvalue weighted by Crippen LogP contribution is -2.40. The summed E-state index contributed by atoms with van der Waals surface area (Å²) in [4.78, 5) is 23.3. The summed E-state index contributed by atoms with van der Waals surface area (Å²) < 4.78 is 4.72. The van der Waals surface area contributed by atoms with Crippen LogP contribution in [0.25, 0.3) is 0 Å². The van der Waals surface area contributed by atoms with E-state index in [1.165, 1.54) is 0 Å². The summed E-state index contributed by atoms with van der Waals surface area (Å²) in [6.45, 7) is 2.00. The van der Waals surface area contributed by atoms with E-state index in [-0.39, 0.29) is 0 Å². The van der Waals surface area contributed by atoms with E-state index in [1.54, 1.807) is 0 Å². The Kier molecular flexibility index (Phi) is 6.90. The number of hydrogen-bond acceptors (Lipinski definition) is 5. The molecule has 0 aliphatic rings. The molecule has 0 amide bonds. The van der Waals surface area contributed by atoms with Crippen LogP contribution in [0.15, 0.2) is 30.3 Å². The lowest BCUT2D eigenvalue weighted by Gasteiger charge is -2.13. The second-order valence-electron chi connectivity index (χ2n) is 4.79. The number of nitrogens with two attached hydrogens (primary N) is 2. The molecule has 0 aromatic heterocycles. The average molecular weight is 278 g/mol. The normalized spacial score (nSPS) is 13.6. The zero-order valence-electron chi connectivity index (χ0n) is 11.7. The fraction of sp³-hybridized carbons (Fsp3) is 0.467. The Bertz CT molecular complexity index is 434. The molecular weight excluding hydrogens is 256 g/mol. The quantitative estimate of drug-likeness (QED) is 0.576. The highest BCUT2D eigenvalue weighted by Crippen LogP contribution is 2.05. The first-order valence-electron chi connectivity index (χ1n) is 6.85. The molecule has 5 nitrogen and oxygen atoms in total. The highest BCUT2D eigenvalue weighted by Gasteiger charge is 2.22. The average Bonchev–Trinajstić information content (AvgIpc) is 2.45. The van der Waals surface area contributed by atoms with Gasteiger partial charge in [-0.05, 0) is 18.4 Å². The third-order valence-electron chi connectivity index (χ3n) is 2.97. The number of esters is 2. The molecule has 0 unspecified atom stereocenters. The summed E-state index contributed by atoms with van der Waals surface area (Å²) in [5.74, 6) is -1.43. The van der Waals surface area contributed by atoms with E-state index in [0.29, 0.717) is 12.8 Å². The van der Waals surface area contributed by atoms with Crippen molar-refractivity contribution in [3.8, 4) is 0 Å². The molecule has 0 saturated heterocycles. The van der Waals surface area contributed by atoms with Crippen molar-refractivity contribution in [3.63, 3.8) is 0 Å². The van der Waals surface area contributed by atoms with Crippen molar-refractivity contribution in [1.82, 2.24) is 0 Å². The molecule has 0 aliphatic heterocycles. The first-order valence-corrected chi connectivity index (χ1v) is 6.85. The number of ether oxygens (including phenoxy) is 1. The Morgan fingerprint density at radius 3 is 2.30 bits per heavy atom. The standard InChI is InChI=1S/C15H22N2O3/c1-2-3-9-12(16)14(18)20-15(19)13(17)10-11-7-5-4-6-8-11/h4-8,12-13H,2-3,9-10,16-17H2,1H3/t12-,13-/m0/s1. The molecule has 20 heavy (non-hydrogen) atoms. The van der Waals surface area contributed by atoms with Crippen LogP contribution >= 0.6 is 0 Å². The maximum absolute atomic E-state index is 11.7. The number of rotatable bonds is 7. The van der Waals surface area contributed by atoms with Gasteiger partial charge < -0.3 is 16.2 Å². The smallest absolute Gasteiger partial charge is 0.330 e. The molecule has 110 valence electrons. The maximum atomic E-state index is 11.7. The van der Waals surface area contributed by atoms with Crippen LogP contribution in [0.4, 0.5) is 0 Å². The molecule has 0 heterocycles. The summed E-state index contributed by atoms with van der Waals surface area (Å²) >= 11 is 0. The molecule has 2 atom stereocenters. The van der Waals surface area contributed by atoms with Crippen LogP contribution < -0.4 is 11.5 Å². The van der Waals surface area contributed by atoms with E-state index >= 15 is 0 Å². The van der Waals surface area contributed by atoms with Crippen molar-refractivity contribution >= 4 is 11.9 Å². The summed E-state index contributed by atoms with van der Waals surface area (Å²) in [7, 11) is 0. The molecule has 0 radical (unpaired) electrons. The number of unbranched alkanes of at least 4 members (excludes halogenated alkanes) is 1. The molecule has 1 aromatic rings. The Labute approximate surface area is 119 Å². The van der Waals surface area contributed by atoms with Crippen LogP contribution in [0.5, 0.6) is 0 Å². The van der Waals surface area contributed by atoms with Gasteiger partial charge in [-0.3, -0.25) is 0 Å². The van der Waals surface area contributed by atoms with E-state index in [4.69, 9.17) is 16.2 Å². The third-order valence-corrected chi connectivity index (χ3v) is 2.97. The Balaban J connectivity index is 2.43. The van der Waals surface area contributed by atoms with E-state index in [9.17, 15) is 9.59 Å². The van der Waals surface area contributed by atoms with Crippen molar-refractivity contribution in [2.75, 3.05) is 0 Å². The topological polar surface area (TPSA) is 95.4 Å². The monoisotopic (exact) mass is 278 g/mol. The Hall–Kier alpha value is -1.72. The van der Waals surface area contributed by atoms with Crippen molar-refractivity contribution in [2.24, 2.45) is 11.5 Å². The molecule has 0 saturated carbocycles. The van der Waals surface area contributed by atoms with Crippen molar-refractivity contribution in [1.29, 1.82) is 0 Å². The predicted octanol–water partition coefficient (Wildman–Crippen LogP) is 1.14. The second kappa shape index (κ2) is 8.45. The minimum absolute atomic E-state index is 0.331. The van der Waals surface area contributed by atoms with Gasteiger partial charge in [-0.25, -0.2) is 9.59 Å². The van der Waals surface area contributed by atoms with Gasteiger partial charge in [0.15, 0.2) is 0 Å². The molecule has 0 fully saturated rings. The van der Waals surface area contributed by atoms with Gasteiger partial charge in [0.25, 0.3) is 0 Å². The van der Waals surface area contributed by atoms with Gasteiger partial charge in [0, 0.05) is 0 Å². The first-order chi connectivity index (χ1) is 9.54. The van der Waals surface area contributed by atoms with Crippen LogP contribution in [-0.2, 0) is 20.7 Å². The predicted molar refractivity (Wildman–Crippen MR) is 76.7 cm³/mol. The Morgan fingerprint density at radius 2 is 1.70 bits per heavy atom. The third kappa shape index (κ3) is 5.50. The molecule has 0 aliphatic carbocycles. The molecule has 1 aromatic carbocycles. The molecule has 0 spiro atoms.